The first-order valence-electron chi connectivity index (χ1n) is 10.7. The van der Waals surface area contributed by atoms with E-state index in [-0.39, 0.29) is 34.0 Å². The molecule has 0 amide bonds. The first-order chi connectivity index (χ1) is 14.6. The van der Waals surface area contributed by atoms with Crippen molar-refractivity contribution in [2.45, 2.75) is 44.4 Å². The molecular formula is C26H29Cl2F3SiZr. The number of rotatable bonds is 3. The molecule has 0 aliphatic heterocycles. The zero-order valence-corrected chi connectivity index (χ0v) is 24.7. The van der Waals surface area contributed by atoms with E-state index in [4.69, 9.17) is 0 Å². The maximum Gasteiger partial charge on any atom is -0.147 e. The van der Waals surface area contributed by atoms with Crippen LogP contribution in [0.25, 0.3) is 5.57 Å². The molecule has 0 saturated carbocycles. The molecule has 0 heterocycles. The van der Waals surface area contributed by atoms with E-state index >= 15 is 0 Å². The molecule has 4 rings (SSSR count). The molecule has 2 aromatic carbocycles. The topological polar surface area (TPSA) is 0 Å². The van der Waals surface area contributed by atoms with Gasteiger partial charge in [0.1, 0.15) is 0 Å². The minimum atomic E-state index is -2.22. The Balaban J connectivity index is 0.00000193. The summed E-state index contributed by atoms with van der Waals surface area (Å²) in [6, 6.07) is 9.80. The SMILES string of the molecule is CC1=C(C)C(C)[C]([Zr]([CH]2C=C(c3cc(F)c(F)cc3F)c3ccccc32)=[Si](C)C)=C1C.Cl.Cl. The van der Waals surface area contributed by atoms with Gasteiger partial charge in [-0.25, -0.2) is 0 Å². The number of allylic oxidation sites excluding steroid dienone is 5. The molecular weight excluding hydrogens is 559 g/mol. The Bertz CT molecular complexity index is 1240. The molecule has 0 aromatic heterocycles. The van der Waals surface area contributed by atoms with Gasteiger partial charge in [-0.2, -0.15) is 0 Å². The normalized spacial score (nSPS) is 19.1. The van der Waals surface area contributed by atoms with Crippen molar-refractivity contribution in [3.05, 3.63) is 96.6 Å². The summed E-state index contributed by atoms with van der Waals surface area (Å²) in [6.07, 6.45) is 2.18. The van der Waals surface area contributed by atoms with Crippen LogP contribution in [0.5, 0.6) is 0 Å². The Morgan fingerprint density at radius 1 is 0.818 bits per heavy atom. The zero-order chi connectivity index (χ0) is 22.6. The van der Waals surface area contributed by atoms with Gasteiger partial charge in [0.2, 0.25) is 0 Å². The Kier molecular flexibility index (Phi) is 9.29. The molecule has 0 spiro atoms. The number of hydrogen-bond acceptors (Lipinski definition) is 0. The molecule has 0 N–H and O–H groups in total. The van der Waals surface area contributed by atoms with Gasteiger partial charge >= 0.3 is 191 Å². The van der Waals surface area contributed by atoms with E-state index < -0.39 is 43.3 Å². The fourth-order valence-corrected chi connectivity index (χ4v) is 24.8. The molecule has 2 unspecified atom stereocenters. The molecule has 0 fully saturated rings. The van der Waals surface area contributed by atoms with Crippen LogP contribution in [0.2, 0.25) is 13.1 Å². The third kappa shape index (κ3) is 4.81. The van der Waals surface area contributed by atoms with Gasteiger partial charge in [-0.3, -0.25) is 0 Å². The van der Waals surface area contributed by atoms with Crippen molar-refractivity contribution in [2.24, 2.45) is 5.92 Å². The van der Waals surface area contributed by atoms with Crippen LogP contribution in [0, 0.1) is 23.4 Å². The maximum absolute atomic E-state index is 14.7. The fraction of sp³-hybridized carbons (Fsp3) is 0.308. The third-order valence-corrected chi connectivity index (χ3v) is 25.6. The van der Waals surface area contributed by atoms with Gasteiger partial charge in [0, 0.05) is 0 Å². The second-order valence-electron chi connectivity index (χ2n) is 8.87. The molecule has 33 heavy (non-hydrogen) atoms. The van der Waals surface area contributed by atoms with Crippen molar-refractivity contribution >= 4 is 35.8 Å². The van der Waals surface area contributed by atoms with Crippen molar-refractivity contribution in [3.8, 4) is 0 Å². The minimum absolute atomic E-state index is 0. The summed E-state index contributed by atoms with van der Waals surface area (Å²) in [5.74, 6) is -2.39. The van der Waals surface area contributed by atoms with Crippen LogP contribution in [-0.2, 0) is 20.4 Å². The standard InChI is InChI=1S/C15H8F3.C9H13.C2H6Si.2ClH.Zr/c16-13-8-15(18)14(17)7-12(13)11-6-5-9-3-1-2-4-10(9)11;1-6-5-7(2)9(4)8(6)3;1-3-2;;;/h1-8H;6H,1-4H3;1-2H3;2*1H;. The first kappa shape index (κ1) is 28.4. The van der Waals surface area contributed by atoms with Crippen LogP contribution in [0.3, 0.4) is 0 Å². The molecule has 2 atom stereocenters. The Morgan fingerprint density at radius 2 is 1.42 bits per heavy atom. The predicted molar refractivity (Wildman–Crippen MR) is 135 cm³/mol. The van der Waals surface area contributed by atoms with E-state index in [0.29, 0.717) is 17.6 Å². The summed E-state index contributed by atoms with van der Waals surface area (Å²) in [7, 11) is 0. The van der Waals surface area contributed by atoms with Gasteiger partial charge in [-0.15, -0.1) is 24.8 Å². The third-order valence-electron chi connectivity index (χ3n) is 7.00. The molecule has 7 heteroatoms. The van der Waals surface area contributed by atoms with Crippen molar-refractivity contribution in [1.82, 2.24) is 0 Å². The van der Waals surface area contributed by atoms with Gasteiger partial charge in [0.25, 0.3) is 0 Å². The van der Waals surface area contributed by atoms with Crippen LogP contribution in [0.4, 0.5) is 13.2 Å². The summed E-state index contributed by atoms with van der Waals surface area (Å²) in [5, 5.41) is 0. The van der Waals surface area contributed by atoms with E-state index in [9.17, 15) is 13.2 Å². The van der Waals surface area contributed by atoms with Crippen LogP contribution in [0.1, 0.15) is 48.0 Å². The second-order valence-corrected chi connectivity index (χ2v) is 26.3. The molecule has 2 aromatic rings. The molecule has 0 radical (unpaired) electrons. The van der Waals surface area contributed by atoms with Gasteiger partial charge in [-0.05, 0) is 0 Å². The summed E-state index contributed by atoms with van der Waals surface area (Å²) >= 11 is -2.22. The summed E-state index contributed by atoms with van der Waals surface area (Å²) in [4.78, 5) is 0. The van der Waals surface area contributed by atoms with Crippen LogP contribution < -0.4 is 0 Å². The number of benzene rings is 2. The monoisotopic (exact) mass is 586 g/mol. The average molecular weight is 589 g/mol. The number of halogens is 5. The fourth-order valence-electron chi connectivity index (χ4n) is 5.11. The minimum Gasteiger partial charge on any atom is -0.147 e. The summed E-state index contributed by atoms with van der Waals surface area (Å²) in [5.41, 5.74) is 6.84. The van der Waals surface area contributed by atoms with E-state index in [1.165, 1.54) is 22.3 Å². The van der Waals surface area contributed by atoms with Crippen molar-refractivity contribution in [1.29, 1.82) is 0 Å². The van der Waals surface area contributed by atoms with Crippen molar-refractivity contribution in [3.63, 3.8) is 0 Å². The van der Waals surface area contributed by atoms with E-state index in [1.54, 1.807) is 3.28 Å². The molecule has 0 bridgehead atoms. The van der Waals surface area contributed by atoms with Gasteiger partial charge in [-0.1, -0.05) is 0 Å². The molecule has 0 nitrogen and oxygen atoms in total. The van der Waals surface area contributed by atoms with Crippen molar-refractivity contribution < 1.29 is 33.5 Å². The average Bonchev–Trinajstić information content (AvgIpc) is 3.18. The van der Waals surface area contributed by atoms with Gasteiger partial charge in [0.15, 0.2) is 0 Å². The summed E-state index contributed by atoms with van der Waals surface area (Å²) < 4.78 is 44.3. The maximum atomic E-state index is 14.7. The molecule has 176 valence electrons. The predicted octanol–water partition coefficient (Wildman–Crippen LogP) is 8.56. The van der Waals surface area contributed by atoms with Gasteiger partial charge < -0.3 is 0 Å². The Labute approximate surface area is 215 Å². The first-order valence-corrected chi connectivity index (χ1v) is 19.5. The van der Waals surface area contributed by atoms with E-state index in [1.807, 2.05) is 18.2 Å². The quantitative estimate of drug-likeness (QED) is 0.249. The summed E-state index contributed by atoms with van der Waals surface area (Å²) in [6.45, 7) is 13.9. The Hall–Kier alpha value is -0.870. The smallest absolute Gasteiger partial charge is 0.147 e. The van der Waals surface area contributed by atoms with Crippen molar-refractivity contribution in [2.75, 3.05) is 0 Å². The van der Waals surface area contributed by atoms with E-state index in [2.05, 4.69) is 52.9 Å². The molecule has 2 aliphatic carbocycles. The molecule has 2 aliphatic rings. The number of fused-ring (bicyclic) bond motifs is 1. The number of hydrogen-bond donors (Lipinski definition) is 0. The van der Waals surface area contributed by atoms with Crippen LogP contribution in [-0.4, -0.2) is 5.43 Å². The molecule has 0 saturated heterocycles. The van der Waals surface area contributed by atoms with Crippen LogP contribution >= 0.6 is 24.8 Å². The van der Waals surface area contributed by atoms with E-state index in [0.717, 1.165) is 11.6 Å². The largest absolute Gasteiger partial charge is 0.147 e. The zero-order valence-electron chi connectivity index (χ0n) is 19.6. The second kappa shape index (κ2) is 10.8. The van der Waals surface area contributed by atoms with Crippen LogP contribution in [0.15, 0.2) is 62.5 Å². The Morgan fingerprint density at radius 3 is 2.00 bits per heavy atom. The van der Waals surface area contributed by atoms with Gasteiger partial charge in [0.05, 0.1) is 0 Å².